The minimum Gasteiger partial charge on any atom is -0.508 e. The van der Waals surface area contributed by atoms with E-state index < -0.39 is 5.92 Å². The summed E-state index contributed by atoms with van der Waals surface area (Å²) < 4.78 is 12.9. The van der Waals surface area contributed by atoms with Crippen LogP contribution in [0.3, 0.4) is 0 Å². The van der Waals surface area contributed by atoms with Crippen LogP contribution >= 0.6 is 0 Å². The first kappa shape index (κ1) is 16.0. The van der Waals surface area contributed by atoms with E-state index in [9.17, 15) is 19.1 Å². The van der Waals surface area contributed by atoms with Gasteiger partial charge in [-0.05, 0) is 42.0 Å². The maximum Gasteiger partial charge on any atom is 0.229 e. The van der Waals surface area contributed by atoms with Gasteiger partial charge in [0.2, 0.25) is 11.8 Å². The maximum atomic E-state index is 12.9. The number of benzene rings is 2. The number of halogens is 1. The highest BCUT2D eigenvalue weighted by Gasteiger charge is 2.34. The molecule has 2 N–H and O–H groups in total. The first-order valence-electron chi connectivity index (χ1n) is 7.63. The third-order valence-electron chi connectivity index (χ3n) is 4.01. The molecule has 0 aliphatic carbocycles. The van der Waals surface area contributed by atoms with E-state index in [-0.39, 0.29) is 29.8 Å². The van der Waals surface area contributed by atoms with Crippen molar-refractivity contribution < 1.29 is 19.1 Å². The number of likely N-dealkylation sites (tertiary alicyclic amines) is 1. The highest BCUT2D eigenvalue weighted by atomic mass is 19.1. The van der Waals surface area contributed by atoms with Gasteiger partial charge in [0.1, 0.15) is 11.6 Å². The Morgan fingerprint density at radius 2 is 1.83 bits per heavy atom. The van der Waals surface area contributed by atoms with Gasteiger partial charge in [-0.3, -0.25) is 9.59 Å². The molecule has 1 heterocycles. The summed E-state index contributed by atoms with van der Waals surface area (Å²) in [5, 5.41) is 12.0. The molecule has 5 nitrogen and oxygen atoms in total. The van der Waals surface area contributed by atoms with Gasteiger partial charge >= 0.3 is 0 Å². The molecule has 0 saturated carbocycles. The molecule has 0 aromatic heterocycles. The smallest absolute Gasteiger partial charge is 0.229 e. The maximum absolute atomic E-state index is 12.9. The fourth-order valence-corrected chi connectivity index (χ4v) is 2.70. The lowest BCUT2D eigenvalue weighted by molar-refractivity contribution is -0.128. The lowest BCUT2D eigenvalue weighted by Crippen LogP contribution is -2.28. The average molecular weight is 328 g/mol. The fourth-order valence-electron chi connectivity index (χ4n) is 2.70. The topological polar surface area (TPSA) is 69.6 Å². The first-order chi connectivity index (χ1) is 11.5. The molecule has 2 aromatic rings. The van der Waals surface area contributed by atoms with E-state index in [0.717, 1.165) is 5.56 Å². The van der Waals surface area contributed by atoms with E-state index in [0.29, 0.717) is 18.8 Å². The lowest BCUT2D eigenvalue weighted by atomic mass is 10.1. The summed E-state index contributed by atoms with van der Waals surface area (Å²) in [5.41, 5.74) is 1.39. The van der Waals surface area contributed by atoms with E-state index in [4.69, 9.17) is 0 Å². The lowest BCUT2D eigenvalue weighted by Gasteiger charge is -2.16. The summed E-state index contributed by atoms with van der Waals surface area (Å²) in [5.74, 6) is -0.945. The molecule has 1 unspecified atom stereocenters. The van der Waals surface area contributed by atoms with Crippen LogP contribution in [0.1, 0.15) is 12.0 Å². The number of hydrogen-bond donors (Lipinski definition) is 2. The van der Waals surface area contributed by atoms with Crippen molar-refractivity contribution in [3.8, 4) is 5.75 Å². The van der Waals surface area contributed by atoms with E-state index in [2.05, 4.69) is 5.32 Å². The van der Waals surface area contributed by atoms with Crippen molar-refractivity contribution in [1.29, 1.82) is 0 Å². The molecule has 0 radical (unpaired) electrons. The number of amides is 2. The molecule has 0 spiro atoms. The van der Waals surface area contributed by atoms with Gasteiger partial charge in [-0.25, -0.2) is 4.39 Å². The van der Waals surface area contributed by atoms with Crippen LogP contribution in [-0.2, 0) is 16.1 Å². The molecule has 1 atom stereocenters. The molecule has 1 saturated heterocycles. The zero-order valence-electron chi connectivity index (χ0n) is 12.9. The molecule has 1 aliphatic heterocycles. The predicted molar refractivity (Wildman–Crippen MR) is 86.7 cm³/mol. The minimum atomic E-state index is -0.424. The second kappa shape index (κ2) is 6.70. The van der Waals surface area contributed by atoms with Gasteiger partial charge in [-0.15, -0.1) is 0 Å². The number of aromatic hydroxyl groups is 1. The number of phenolic OH excluding ortho intramolecular Hbond substituents is 1. The van der Waals surface area contributed by atoms with Crippen molar-refractivity contribution in [2.45, 2.75) is 13.0 Å². The van der Waals surface area contributed by atoms with Crippen molar-refractivity contribution in [3.05, 3.63) is 59.9 Å². The summed E-state index contributed by atoms with van der Waals surface area (Å²) in [6.07, 6.45) is 0.158. The van der Waals surface area contributed by atoms with Crippen LogP contribution in [0.4, 0.5) is 10.1 Å². The van der Waals surface area contributed by atoms with Crippen LogP contribution in [0, 0.1) is 11.7 Å². The van der Waals surface area contributed by atoms with Gasteiger partial charge in [0.25, 0.3) is 0 Å². The molecule has 124 valence electrons. The van der Waals surface area contributed by atoms with E-state index >= 15 is 0 Å². The Morgan fingerprint density at radius 3 is 2.50 bits per heavy atom. The van der Waals surface area contributed by atoms with Crippen LogP contribution in [-0.4, -0.2) is 28.4 Å². The standard InChI is InChI=1S/C18H17FN2O3/c19-14-3-1-12(2-4-14)10-21-11-13(9-17(21)23)18(24)20-15-5-7-16(22)8-6-15/h1-8,13,22H,9-11H2,(H,20,24). The normalized spacial score (nSPS) is 17.1. The first-order valence-corrected chi connectivity index (χ1v) is 7.63. The van der Waals surface area contributed by atoms with Crippen LogP contribution in [0.2, 0.25) is 0 Å². The summed E-state index contributed by atoms with van der Waals surface area (Å²) in [6.45, 7) is 0.697. The van der Waals surface area contributed by atoms with Gasteiger partial charge in [0.05, 0.1) is 5.92 Å². The van der Waals surface area contributed by atoms with Gasteiger partial charge in [-0.1, -0.05) is 12.1 Å². The monoisotopic (exact) mass is 328 g/mol. The Kier molecular flexibility index (Phi) is 4.46. The molecule has 2 amide bonds. The summed E-state index contributed by atoms with van der Waals surface area (Å²) in [6, 6.07) is 12.1. The Morgan fingerprint density at radius 1 is 1.17 bits per heavy atom. The molecule has 1 fully saturated rings. The van der Waals surface area contributed by atoms with Crippen molar-refractivity contribution in [3.63, 3.8) is 0 Å². The number of nitrogens with one attached hydrogen (secondary N) is 1. The zero-order valence-corrected chi connectivity index (χ0v) is 12.9. The van der Waals surface area contributed by atoms with Gasteiger partial charge < -0.3 is 15.3 Å². The third-order valence-corrected chi connectivity index (χ3v) is 4.01. The average Bonchev–Trinajstić information content (AvgIpc) is 2.93. The Balaban J connectivity index is 1.60. The molecule has 0 bridgehead atoms. The Bertz CT molecular complexity index is 744. The third kappa shape index (κ3) is 3.71. The highest BCUT2D eigenvalue weighted by molar-refractivity contribution is 5.97. The fraction of sp³-hybridized carbons (Fsp3) is 0.222. The van der Waals surface area contributed by atoms with E-state index in [1.54, 1.807) is 29.2 Å². The quantitative estimate of drug-likeness (QED) is 0.847. The highest BCUT2D eigenvalue weighted by Crippen LogP contribution is 2.22. The van der Waals surface area contributed by atoms with Crippen molar-refractivity contribution in [2.75, 3.05) is 11.9 Å². The van der Waals surface area contributed by atoms with Crippen molar-refractivity contribution in [1.82, 2.24) is 4.90 Å². The van der Waals surface area contributed by atoms with E-state index in [1.165, 1.54) is 24.3 Å². The zero-order chi connectivity index (χ0) is 17.1. The predicted octanol–water partition coefficient (Wildman–Crippen LogP) is 2.52. The minimum absolute atomic E-state index is 0.0924. The molecule has 3 rings (SSSR count). The van der Waals surface area contributed by atoms with Crippen molar-refractivity contribution in [2.24, 2.45) is 5.92 Å². The van der Waals surface area contributed by atoms with Crippen LogP contribution in [0.25, 0.3) is 0 Å². The molecule has 24 heavy (non-hydrogen) atoms. The molecule has 1 aliphatic rings. The van der Waals surface area contributed by atoms with E-state index in [1.807, 2.05) is 0 Å². The number of nitrogens with zero attached hydrogens (tertiary/aromatic N) is 1. The number of anilines is 1. The van der Waals surface area contributed by atoms with Crippen LogP contribution < -0.4 is 5.32 Å². The molecular weight excluding hydrogens is 311 g/mol. The Labute approximate surface area is 138 Å². The number of carbonyl (C=O) groups is 2. The summed E-state index contributed by atoms with van der Waals surface area (Å²) >= 11 is 0. The number of phenols is 1. The Hall–Kier alpha value is -2.89. The largest absolute Gasteiger partial charge is 0.508 e. The second-order valence-corrected chi connectivity index (χ2v) is 5.84. The number of carbonyl (C=O) groups excluding carboxylic acids is 2. The van der Waals surface area contributed by atoms with Gasteiger partial charge in [0.15, 0.2) is 0 Å². The van der Waals surface area contributed by atoms with Crippen molar-refractivity contribution >= 4 is 17.5 Å². The second-order valence-electron chi connectivity index (χ2n) is 5.84. The molecule has 2 aromatic carbocycles. The van der Waals surface area contributed by atoms with Gasteiger partial charge in [0, 0.05) is 25.2 Å². The summed E-state index contributed by atoms with van der Waals surface area (Å²) in [7, 11) is 0. The summed E-state index contributed by atoms with van der Waals surface area (Å²) in [4.78, 5) is 26.0. The SMILES string of the molecule is O=C(Nc1ccc(O)cc1)C1CC(=O)N(Cc2ccc(F)cc2)C1. The molecule has 6 heteroatoms. The van der Waals surface area contributed by atoms with Crippen LogP contribution in [0.5, 0.6) is 5.75 Å². The molecular formula is C18H17FN2O3. The van der Waals surface area contributed by atoms with Crippen LogP contribution in [0.15, 0.2) is 48.5 Å². The number of hydrogen-bond acceptors (Lipinski definition) is 3. The number of rotatable bonds is 4. The van der Waals surface area contributed by atoms with Gasteiger partial charge in [-0.2, -0.15) is 0 Å².